The molecule has 2 rings (SSSR count). The van der Waals surface area contributed by atoms with Gasteiger partial charge >= 0.3 is 6.09 Å². The molecule has 21 heavy (non-hydrogen) atoms. The first-order chi connectivity index (χ1) is 9.43. The number of amides is 1. The SMILES string of the molecule is CC(C)(CC1CC(N2CCC(F)(F)C2)C1(C)C)NC(=O)O. The minimum Gasteiger partial charge on any atom is -0.465 e. The summed E-state index contributed by atoms with van der Waals surface area (Å²) in [4.78, 5) is 12.7. The number of rotatable bonds is 4. The summed E-state index contributed by atoms with van der Waals surface area (Å²) in [6.07, 6.45) is 0.532. The van der Waals surface area contributed by atoms with Gasteiger partial charge in [-0.1, -0.05) is 13.8 Å². The van der Waals surface area contributed by atoms with Crippen LogP contribution in [0.15, 0.2) is 0 Å². The Morgan fingerprint density at radius 2 is 2.05 bits per heavy atom. The average molecular weight is 304 g/mol. The molecular weight excluding hydrogens is 278 g/mol. The Kier molecular flexibility index (Phi) is 3.98. The van der Waals surface area contributed by atoms with Gasteiger partial charge in [0, 0.05) is 24.5 Å². The molecule has 0 spiro atoms. The van der Waals surface area contributed by atoms with Gasteiger partial charge in [0.25, 0.3) is 5.92 Å². The molecule has 1 amide bonds. The van der Waals surface area contributed by atoms with E-state index in [1.54, 1.807) is 0 Å². The molecule has 0 aromatic carbocycles. The van der Waals surface area contributed by atoms with Gasteiger partial charge in [-0.15, -0.1) is 0 Å². The zero-order valence-corrected chi connectivity index (χ0v) is 13.2. The van der Waals surface area contributed by atoms with E-state index in [0.29, 0.717) is 12.5 Å². The maximum atomic E-state index is 13.4. The van der Waals surface area contributed by atoms with Crippen LogP contribution in [-0.2, 0) is 0 Å². The Bertz CT molecular complexity index is 424. The summed E-state index contributed by atoms with van der Waals surface area (Å²) in [6.45, 7) is 8.29. The quantitative estimate of drug-likeness (QED) is 0.838. The minimum absolute atomic E-state index is 0.0453. The molecule has 0 radical (unpaired) electrons. The van der Waals surface area contributed by atoms with Crippen molar-refractivity contribution < 1.29 is 18.7 Å². The third-order valence-corrected chi connectivity index (χ3v) is 5.26. The largest absolute Gasteiger partial charge is 0.465 e. The Morgan fingerprint density at radius 1 is 1.43 bits per heavy atom. The first-order valence-electron chi connectivity index (χ1n) is 7.56. The van der Waals surface area contributed by atoms with E-state index in [1.165, 1.54) is 0 Å². The summed E-state index contributed by atoms with van der Waals surface area (Å²) >= 11 is 0. The summed E-state index contributed by atoms with van der Waals surface area (Å²) in [5, 5.41) is 11.4. The lowest BCUT2D eigenvalue weighted by Crippen LogP contribution is -2.60. The van der Waals surface area contributed by atoms with Gasteiger partial charge in [0.1, 0.15) is 0 Å². The summed E-state index contributed by atoms with van der Waals surface area (Å²) in [5.41, 5.74) is -0.550. The molecule has 1 aliphatic heterocycles. The van der Waals surface area contributed by atoms with E-state index in [1.807, 2.05) is 18.7 Å². The zero-order valence-electron chi connectivity index (χ0n) is 13.2. The fourth-order valence-corrected chi connectivity index (χ4v) is 3.94. The molecule has 122 valence electrons. The number of halogens is 2. The van der Waals surface area contributed by atoms with Crippen LogP contribution < -0.4 is 5.32 Å². The normalized spacial score (nSPS) is 31.7. The number of hydrogen-bond donors (Lipinski definition) is 2. The third kappa shape index (κ3) is 3.47. The molecule has 0 aromatic rings. The van der Waals surface area contributed by atoms with Crippen molar-refractivity contribution in [3.8, 4) is 0 Å². The van der Waals surface area contributed by atoms with Crippen LogP contribution in [0.25, 0.3) is 0 Å². The molecule has 1 saturated carbocycles. The van der Waals surface area contributed by atoms with Gasteiger partial charge < -0.3 is 10.4 Å². The summed E-state index contributed by atoms with van der Waals surface area (Å²) < 4.78 is 26.7. The predicted octanol–water partition coefficient (Wildman–Crippen LogP) is 3.18. The van der Waals surface area contributed by atoms with E-state index >= 15 is 0 Å². The standard InChI is InChI=1S/C15H26F2N2O2/c1-13(2,18-12(20)21)8-10-7-11(14(10,3)4)19-6-5-15(16,17)9-19/h10-11,18H,5-9H2,1-4H3,(H,20,21). The van der Waals surface area contributed by atoms with Gasteiger partial charge in [-0.25, -0.2) is 13.6 Å². The average Bonchev–Trinajstić information content (AvgIpc) is 2.62. The Labute approximate surface area is 124 Å². The Balaban J connectivity index is 1.94. The first-order valence-corrected chi connectivity index (χ1v) is 7.56. The van der Waals surface area contributed by atoms with Gasteiger partial charge in [-0.3, -0.25) is 4.90 Å². The predicted molar refractivity (Wildman–Crippen MR) is 76.7 cm³/mol. The van der Waals surface area contributed by atoms with Crippen molar-refractivity contribution in [3.63, 3.8) is 0 Å². The van der Waals surface area contributed by atoms with Crippen molar-refractivity contribution in [3.05, 3.63) is 0 Å². The summed E-state index contributed by atoms with van der Waals surface area (Å²) in [7, 11) is 0. The van der Waals surface area contributed by atoms with Crippen molar-refractivity contribution in [2.75, 3.05) is 13.1 Å². The molecule has 1 heterocycles. The number of likely N-dealkylation sites (tertiary alicyclic amines) is 1. The van der Waals surface area contributed by atoms with E-state index in [4.69, 9.17) is 5.11 Å². The molecule has 0 bridgehead atoms. The lowest BCUT2D eigenvalue weighted by atomic mass is 9.55. The van der Waals surface area contributed by atoms with Crippen LogP contribution in [0.2, 0.25) is 0 Å². The van der Waals surface area contributed by atoms with Crippen LogP contribution in [-0.4, -0.2) is 46.7 Å². The highest BCUT2D eigenvalue weighted by Gasteiger charge is 2.54. The monoisotopic (exact) mass is 304 g/mol. The van der Waals surface area contributed by atoms with Crippen LogP contribution >= 0.6 is 0 Å². The van der Waals surface area contributed by atoms with Gasteiger partial charge in [-0.2, -0.15) is 0 Å². The molecule has 4 nitrogen and oxygen atoms in total. The third-order valence-electron chi connectivity index (χ3n) is 5.26. The van der Waals surface area contributed by atoms with Crippen molar-refractivity contribution >= 4 is 6.09 Å². The number of carboxylic acid groups (broad SMARTS) is 1. The highest BCUT2D eigenvalue weighted by molar-refractivity contribution is 5.65. The number of carbonyl (C=O) groups is 1. The lowest BCUT2D eigenvalue weighted by Gasteiger charge is -2.57. The van der Waals surface area contributed by atoms with Gasteiger partial charge in [0.2, 0.25) is 0 Å². The fraction of sp³-hybridized carbons (Fsp3) is 0.933. The molecule has 2 aliphatic rings. The van der Waals surface area contributed by atoms with E-state index in [9.17, 15) is 13.6 Å². The number of alkyl halides is 2. The molecule has 6 heteroatoms. The fourth-order valence-electron chi connectivity index (χ4n) is 3.94. The first kappa shape index (κ1) is 16.5. The zero-order chi connectivity index (χ0) is 16.1. The molecule has 2 atom stereocenters. The lowest BCUT2D eigenvalue weighted by molar-refractivity contribution is -0.0801. The van der Waals surface area contributed by atoms with Crippen LogP contribution in [0, 0.1) is 11.3 Å². The maximum absolute atomic E-state index is 13.4. The molecule has 2 N–H and O–H groups in total. The number of nitrogens with zero attached hydrogens (tertiary/aromatic N) is 1. The van der Waals surface area contributed by atoms with E-state index < -0.39 is 17.6 Å². The smallest absolute Gasteiger partial charge is 0.405 e. The highest BCUT2D eigenvalue weighted by atomic mass is 19.3. The summed E-state index contributed by atoms with van der Waals surface area (Å²) in [5.74, 6) is -2.20. The van der Waals surface area contributed by atoms with Crippen LogP contribution in [0.3, 0.4) is 0 Å². The Hall–Kier alpha value is -0.910. The molecule has 2 unspecified atom stereocenters. The number of nitrogens with one attached hydrogen (secondary N) is 1. The molecule has 2 fully saturated rings. The van der Waals surface area contributed by atoms with Crippen molar-refractivity contribution in [2.24, 2.45) is 11.3 Å². The highest BCUT2D eigenvalue weighted by Crippen LogP contribution is 2.53. The van der Waals surface area contributed by atoms with Crippen molar-refractivity contribution in [2.45, 2.75) is 64.5 Å². The second kappa shape index (κ2) is 5.07. The number of hydrogen-bond acceptors (Lipinski definition) is 2. The second-order valence-corrected chi connectivity index (χ2v) is 7.86. The maximum Gasteiger partial charge on any atom is 0.405 e. The van der Waals surface area contributed by atoms with Crippen molar-refractivity contribution in [1.82, 2.24) is 10.2 Å². The van der Waals surface area contributed by atoms with E-state index in [-0.39, 0.29) is 24.4 Å². The molecule has 1 aliphatic carbocycles. The molecule has 0 aromatic heterocycles. The minimum atomic E-state index is -2.55. The molecule has 1 saturated heterocycles. The van der Waals surface area contributed by atoms with Crippen LogP contribution in [0.4, 0.5) is 13.6 Å². The van der Waals surface area contributed by atoms with Gasteiger partial charge in [-0.05, 0) is 38.0 Å². The van der Waals surface area contributed by atoms with Crippen LogP contribution in [0.1, 0.15) is 47.0 Å². The van der Waals surface area contributed by atoms with Gasteiger partial charge in [0.05, 0.1) is 6.54 Å². The molecular formula is C15H26F2N2O2. The topological polar surface area (TPSA) is 52.6 Å². The Morgan fingerprint density at radius 3 is 2.48 bits per heavy atom. The van der Waals surface area contributed by atoms with E-state index in [2.05, 4.69) is 19.2 Å². The summed E-state index contributed by atoms with van der Waals surface area (Å²) in [6, 6.07) is 0.177. The van der Waals surface area contributed by atoms with E-state index in [0.717, 1.165) is 12.8 Å². The van der Waals surface area contributed by atoms with Crippen LogP contribution in [0.5, 0.6) is 0 Å². The van der Waals surface area contributed by atoms with Crippen molar-refractivity contribution in [1.29, 1.82) is 0 Å². The van der Waals surface area contributed by atoms with Gasteiger partial charge in [0.15, 0.2) is 0 Å². The second-order valence-electron chi connectivity index (χ2n) is 7.86.